The first-order valence-corrected chi connectivity index (χ1v) is 6.34. The first-order valence-electron chi connectivity index (χ1n) is 5.12. The van der Waals surface area contributed by atoms with Crippen LogP contribution in [0.5, 0.6) is 0 Å². The van der Waals surface area contributed by atoms with E-state index >= 15 is 0 Å². The molecule has 0 aromatic heterocycles. The normalized spacial score (nSPS) is 12.1. The molecule has 0 heterocycles. The lowest BCUT2D eigenvalue weighted by atomic mass is 10.1. The zero-order valence-electron chi connectivity index (χ0n) is 10.1. The van der Waals surface area contributed by atoms with Gasteiger partial charge in [-0.05, 0) is 30.5 Å². The summed E-state index contributed by atoms with van der Waals surface area (Å²) in [7, 11) is 0. The third-order valence-electron chi connectivity index (χ3n) is 2.15. The third-order valence-corrected chi connectivity index (χ3v) is 2.80. The summed E-state index contributed by atoms with van der Waals surface area (Å²) in [5.41, 5.74) is -0.902. The van der Waals surface area contributed by atoms with Gasteiger partial charge in [0.1, 0.15) is 5.03 Å². The van der Waals surface area contributed by atoms with Crippen LogP contribution in [-0.2, 0) is 6.18 Å². The van der Waals surface area contributed by atoms with E-state index in [9.17, 15) is 28.1 Å². The van der Waals surface area contributed by atoms with Gasteiger partial charge in [0.15, 0.2) is 0 Å². The van der Waals surface area contributed by atoms with E-state index in [1.165, 1.54) is 6.26 Å². The van der Waals surface area contributed by atoms with Crippen LogP contribution in [0.15, 0.2) is 35.5 Å². The first-order chi connectivity index (χ1) is 9.24. The van der Waals surface area contributed by atoms with E-state index in [-0.39, 0.29) is 10.6 Å². The highest BCUT2D eigenvalue weighted by molar-refractivity contribution is 8.02. The van der Waals surface area contributed by atoms with Crippen LogP contribution >= 0.6 is 11.8 Å². The number of hydrogen-bond donors (Lipinski definition) is 1. The summed E-state index contributed by atoms with van der Waals surface area (Å²) < 4.78 is 37.0. The molecule has 9 heteroatoms. The Hall–Kier alpha value is -2.03. The lowest BCUT2D eigenvalue weighted by Gasteiger charge is -2.08. The van der Waals surface area contributed by atoms with Gasteiger partial charge in [-0.1, -0.05) is 0 Å². The molecular formula is C11H9F3N2O3S. The number of thioether (sulfide) groups is 1. The molecule has 1 aromatic rings. The smallest absolute Gasteiger partial charge is 0.311 e. The van der Waals surface area contributed by atoms with Crippen LogP contribution < -0.4 is 5.32 Å². The molecule has 20 heavy (non-hydrogen) atoms. The fourth-order valence-electron chi connectivity index (χ4n) is 1.23. The Labute approximate surface area is 116 Å². The van der Waals surface area contributed by atoms with Crippen molar-refractivity contribution in [3.8, 4) is 0 Å². The van der Waals surface area contributed by atoms with Gasteiger partial charge in [0.2, 0.25) is 0 Å². The van der Waals surface area contributed by atoms with E-state index in [1.807, 2.05) is 0 Å². The fraction of sp³-hybridized carbons (Fsp3) is 0.182. The monoisotopic (exact) mass is 306 g/mol. The number of amides is 1. The van der Waals surface area contributed by atoms with Crippen LogP contribution in [-0.4, -0.2) is 17.1 Å². The summed E-state index contributed by atoms with van der Waals surface area (Å²) in [6.45, 7) is 0. The van der Waals surface area contributed by atoms with Crippen molar-refractivity contribution in [1.29, 1.82) is 0 Å². The van der Waals surface area contributed by atoms with E-state index in [1.54, 1.807) is 0 Å². The van der Waals surface area contributed by atoms with E-state index in [0.717, 1.165) is 36.0 Å². The van der Waals surface area contributed by atoms with Gasteiger partial charge >= 0.3 is 6.18 Å². The van der Waals surface area contributed by atoms with Crippen molar-refractivity contribution in [3.05, 3.63) is 56.7 Å². The molecule has 0 spiro atoms. The number of benzene rings is 1. The second kappa shape index (κ2) is 6.42. The molecule has 0 saturated heterocycles. The van der Waals surface area contributed by atoms with E-state index < -0.39 is 22.6 Å². The minimum absolute atomic E-state index is 0.0140. The molecule has 0 saturated carbocycles. The highest BCUT2D eigenvalue weighted by Gasteiger charge is 2.30. The zero-order valence-corrected chi connectivity index (χ0v) is 10.9. The standard InChI is InChI=1S/C11H9F3N2O3S/c1-20-9(6-16(18)19)15-10(17)7-2-4-8(5-3-7)11(12,13)14/h2-6H,1H3,(H,15,17). The minimum Gasteiger partial charge on any atom is -0.311 e. The summed E-state index contributed by atoms with van der Waals surface area (Å²) >= 11 is 0.936. The second-order valence-electron chi connectivity index (χ2n) is 3.51. The summed E-state index contributed by atoms with van der Waals surface area (Å²) in [5.74, 6) is -0.721. The van der Waals surface area contributed by atoms with Crippen molar-refractivity contribution in [3.63, 3.8) is 0 Å². The Kier molecular flexibility index (Phi) is 5.14. The Balaban J connectivity index is 2.86. The molecule has 1 aromatic carbocycles. The summed E-state index contributed by atoms with van der Waals surface area (Å²) in [4.78, 5) is 21.2. The van der Waals surface area contributed by atoms with Crippen molar-refractivity contribution in [2.75, 3.05) is 6.26 Å². The van der Waals surface area contributed by atoms with Gasteiger partial charge in [-0.15, -0.1) is 11.8 Å². The average molecular weight is 306 g/mol. The third kappa shape index (κ3) is 4.57. The van der Waals surface area contributed by atoms with E-state index in [2.05, 4.69) is 5.32 Å². The molecule has 0 unspecified atom stereocenters. The molecule has 108 valence electrons. The van der Waals surface area contributed by atoms with Gasteiger partial charge < -0.3 is 5.32 Å². The second-order valence-corrected chi connectivity index (χ2v) is 4.36. The van der Waals surface area contributed by atoms with Crippen LogP contribution in [0.25, 0.3) is 0 Å². The molecule has 1 amide bonds. The highest BCUT2D eigenvalue weighted by Crippen LogP contribution is 2.29. The number of alkyl halides is 3. The number of nitrogens with one attached hydrogen (secondary N) is 1. The molecule has 0 radical (unpaired) electrons. The summed E-state index contributed by atoms with van der Waals surface area (Å²) in [5, 5.41) is 12.5. The molecule has 0 bridgehead atoms. The summed E-state index contributed by atoms with van der Waals surface area (Å²) in [6.07, 6.45) is -2.36. The largest absolute Gasteiger partial charge is 0.416 e. The van der Waals surface area contributed by atoms with Gasteiger partial charge in [-0.25, -0.2) is 0 Å². The Bertz CT molecular complexity index is 541. The van der Waals surface area contributed by atoms with Gasteiger partial charge in [0.25, 0.3) is 12.1 Å². The number of carbonyl (C=O) groups excluding carboxylic acids is 1. The zero-order chi connectivity index (χ0) is 15.3. The van der Waals surface area contributed by atoms with Crippen LogP contribution in [0.1, 0.15) is 15.9 Å². The van der Waals surface area contributed by atoms with Gasteiger partial charge in [0, 0.05) is 5.56 Å². The number of rotatable bonds is 4. The molecule has 0 atom stereocenters. The van der Waals surface area contributed by atoms with Gasteiger partial charge in [0.05, 0.1) is 10.5 Å². The molecule has 0 aliphatic rings. The number of carbonyl (C=O) groups is 1. The number of halogens is 3. The van der Waals surface area contributed by atoms with Crippen LogP contribution in [0.2, 0.25) is 0 Å². The molecule has 0 aliphatic heterocycles. The first kappa shape index (κ1) is 16.0. The topological polar surface area (TPSA) is 72.2 Å². The highest BCUT2D eigenvalue weighted by atomic mass is 32.2. The van der Waals surface area contributed by atoms with Crippen molar-refractivity contribution in [2.45, 2.75) is 6.18 Å². The lowest BCUT2D eigenvalue weighted by Crippen LogP contribution is -2.22. The number of nitro groups is 1. The van der Waals surface area contributed by atoms with Crippen molar-refractivity contribution in [1.82, 2.24) is 5.32 Å². The molecule has 1 N–H and O–H groups in total. The number of nitrogens with zero attached hydrogens (tertiary/aromatic N) is 1. The quantitative estimate of drug-likeness (QED) is 0.686. The van der Waals surface area contributed by atoms with Gasteiger partial charge in [-0.2, -0.15) is 13.2 Å². The van der Waals surface area contributed by atoms with Crippen molar-refractivity contribution < 1.29 is 22.9 Å². The van der Waals surface area contributed by atoms with Crippen LogP contribution in [0.4, 0.5) is 13.2 Å². The summed E-state index contributed by atoms with van der Waals surface area (Å²) in [6, 6.07) is 3.54. The predicted octanol–water partition coefficient (Wildman–Crippen LogP) is 2.87. The maximum absolute atomic E-state index is 12.3. The molecule has 5 nitrogen and oxygen atoms in total. The lowest BCUT2D eigenvalue weighted by molar-refractivity contribution is -0.403. The average Bonchev–Trinajstić information content (AvgIpc) is 2.36. The van der Waals surface area contributed by atoms with Crippen molar-refractivity contribution in [2.24, 2.45) is 0 Å². The molecule has 1 rings (SSSR count). The number of hydrogen-bond acceptors (Lipinski definition) is 4. The van der Waals surface area contributed by atoms with E-state index in [4.69, 9.17) is 0 Å². The fourth-order valence-corrected chi connectivity index (χ4v) is 1.61. The Morgan fingerprint density at radius 2 is 1.90 bits per heavy atom. The molecule has 0 aliphatic carbocycles. The Morgan fingerprint density at radius 3 is 2.30 bits per heavy atom. The Morgan fingerprint density at radius 1 is 1.35 bits per heavy atom. The van der Waals surface area contributed by atoms with Crippen molar-refractivity contribution >= 4 is 17.7 Å². The predicted molar refractivity (Wildman–Crippen MR) is 67.5 cm³/mol. The maximum atomic E-state index is 12.3. The van der Waals surface area contributed by atoms with Crippen LogP contribution in [0.3, 0.4) is 0 Å². The maximum Gasteiger partial charge on any atom is 0.416 e. The SMILES string of the molecule is CSC(=C[N+](=O)[O-])NC(=O)c1ccc(C(F)(F)F)cc1. The molecular weight excluding hydrogens is 297 g/mol. The molecule has 0 fully saturated rings. The van der Waals surface area contributed by atoms with E-state index in [0.29, 0.717) is 6.20 Å². The van der Waals surface area contributed by atoms with Crippen LogP contribution in [0, 0.1) is 10.1 Å². The minimum atomic E-state index is -4.48. The van der Waals surface area contributed by atoms with Gasteiger partial charge in [-0.3, -0.25) is 14.9 Å².